The Morgan fingerprint density at radius 2 is 1.90 bits per heavy atom. The molecule has 0 saturated heterocycles. The van der Waals surface area contributed by atoms with Gasteiger partial charge in [0.1, 0.15) is 23.5 Å². The topological polar surface area (TPSA) is 87.2 Å². The highest BCUT2D eigenvalue weighted by Crippen LogP contribution is 2.35. The quantitative estimate of drug-likeness (QED) is 0.276. The monoisotopic (exact) mass is 414 g/mol. The molecule has 2 heterocycles. The fraction of sp³-hybridized carbons (Fsp3) is 0.208. The molecule has 0 aliphatic carbocycles. The second-order valence-corrected chi connectivity index (χ2v) is 6.92. The van der Waals surface area contributed by atoms with Crippen LogP contribution in [0.1, 0.15) is 25.8 Å². The van der Waals surface area contributed by atoms with Gasteiger partial charge < -0.3 is 20.5 Å². The smallest absolute Gasteiger partial charge is 0.144 e. The highest BCUT2D eigenvalue weighted by atomic mass is 16.5. The van der Waals surface area contributed by atoms with Crippen LogP contribution in [-0.4, -0.2) is 34.3 Å². The largest absolute Gasteiger partial charge is 0.492 e. The zero-order valence-electron chi connectivity index (χ0n) is 17.9. The second-order valence-electron chi connectivity index (χ2n) is 6.92. The fourth-order valence-corrected chi connectivity index (χ4v) is 3.60. The minimum absolute atomic E-state index is 0.572. The molecule has 0 fully saturated rings. The molecule has 4 rings (SSSR count). The van der Waals surface area contributed by atoms with E-state index in [1.54, 1.807) is 13.4 Å². The van der Waals surface area contributed by atoms with Gasteiger partial charge in [-0.25, -0.2) is 9.97 Å². The van der Waals surface area contributed by atoms with Crippen LogP contribution in [0.2, 0.25) is 0 Å². The van der Waals surface area contributed by atoms with E-state index in [0.29, 0.717) is 12.4 Å². The van der Waals surface area contributed by atoms with Crippen LogP contribution in [0.4, 0.5) is 11.5 Å². The van der Waals surface area contributed by atoms with Gasteiger partial charge in [-0.05, 0) is 36.6 Å². The summed E-state index contributed by atoms with van der Waals surface area (Å²) in [4.78, 5) is 12.2. The first-order chi connectivity index (χ1) is 15.2. The van der Waals surface area contributed by atoms with E-state index in [9.17, 15) is 0 Å². The van der Waals surface area contributed by atoms with E-state index in [1.807, 2.05) is 37.4 Å². The second kappa shape index (κ2) is 9.30. The number of nitrogens with one attached hydrogen (secondary N) is 3. The highest BCUT2D eigenvalue weighted by Gasteiger charge is 2.16. The van der Waals surface area contributed by atoms with E-state index in [1.165, 1.54) is 0 Å². The van der Waals surface area contributed by atoms with Crippen LogP contribution in [0.3, 0.4) is 0 Å². The van der Waals surface area contributed by atoms with Gasteiger partial charge in [-0.15, -0.1) is 0 Å². The molecule has 0 radical (unpaired) electrons. The molecule has 0 aliphatic heterocycles. The van der Waals surface area contributed by atoms with E-state index in [4.69, 9.17) is 4.74 Å². The number of hydrogen-bond donors (Lipinski definition) is 3. The van der Waals surface area contributed by atoms with E-state index < -0.39 is 0 Å². The molecule has 0 saturated carbocycles. The molecule has 0 atom stereocenters. The third-order valence-electron chi connectivity index (χ3n) is 5.00. The van der Waals surface area contributed by atoms with Crippen molar-refractivity contribution in [1.29, 1.82) is 0 Å². The lowest BCUT2D eigenvalue weighted by atomic mass is 10.0. The molecular weight excluding hydrogens is 388 g/mol. The van der Waals surface area contributed by atoms with Gasteiger partial charge in [0.2, 0.25) is 0 Å². The van der Waals surface area contributed by atoms with Crippen LogP contribution in [0.5, 0.6) is 5.75 Å². The van der Waals surface area contributed by atoms with Crippen molar-refractivity contribution in [3.05, 3.63) is 66.6 Å². The number of aromatic amines is 1. The SMILES string of the molecule is CCOc1ccc(-c2ccccc2)cc1Nc1ncnc2[nH]cc(/C(CC)=N/NC)c12. The lowest BCUT2D eigenvalue weighted by Crippen LogP contribution is -2.07. The summed E-state index contributed by atoms with van der Waals surface area (Å²) in [7, 11) is 1.80. The number of ether oxygens (including phenoxy) is 1. The lowest BCUT2D eigenvalue weighted by molar-refractivity contribution is 0.342. The van der Waals surface area contributed by atoms with Crippen LogP contribution in [0.25, 0.3) is 22.2 Å². The Kier molecular flexibility index (Phi) is 6.12. The van der Waals surface area contributed by atoms with Crippen LogP contribution in [0, 0.1) is 0 Å². The lowest BCUT2D eigenvalue weighted by Gasteiger charge is -2.15. The van der Waals surface area contributed by atoms with Crippen molar-refractivity contribution in [1.82, 2.24) is 20.4 Å². The molecule has 7 heteroatoms. The van der Waals surface area contributed by atoms with Gasteiger partial charge >= 0.3 is 0 Å². The third kappa shape index (κ3) is 4.21. The summed E-state index contributed by atoms with van der Waals surface area (Å²) < 4.78 is 5.88. The summed E-state index contributed by atoms with van der Waals surface area (Å²) in [5, 5.41) is 8.80. The Hall–Kier alpha value is -3.87. The van der Waals surface area contributed by atoms with Gasteiger partial charge in [0.15, 0.2) is 0 Å². The van der Waals surface area contributed by atoms with E-state index in [2.05, 4.69) is 62.0 Å². The standard InChI is InChI=1S/C24H26N6O/c1-4-19(30-25-3)18-14-26-23-22(18)24(28-15-27-23)29-20-13-17(11-12-21(20)31-5-2)16-9-7-6-8-10-16/h6-15,25H,4-5H2,1-3H3,(H2,26,27,28,29)/b30-19+. The number of anilines is 2. The summed E-state index contributed by atoms with van der Waals surface area (Å²) in [5.41, 5.74) is 8.61. The van der Waals surface area contributed by atoms with Gasteiger partial charge in [0.05, 0.1) is 23.4 Å². The number of nitrogens with zero attached hydrogens (tertiary/aromatic N) is 3. The van der Waals surface area contributed by atoms with Crippen molar-refractivity contribution >= 4 is 28.3 Å². The Morgan fingerprint density at radius 1 is 1.06 bits per heavy atom. The van der Waals surface area contributed by atoms with E-state index in [-0.39, 0.29) is 0 Å². The maximum atomic E-state index is 5.88. The Balaban J connectivity index is 1.81. The number of aromatic nitrogens is 3. The zero-order valence-corrected chi connectivity index (χ0v) is 17.9. The van der Waals surface area contributed by atoms with Crippen LogP contribution in [0.15, 0.2) is 66.2 Å². The van der Waals surface area contributed by atoms with Crippen molar-refractivity contribution in [3.63, 3.8) is 0 Å². The van der Waals surface area contributed by atoms with Crippen molar-refractivity contribution in [3.8, 4) is 16.9 Å². The number of hydrogen-bond acceptors (Lipinski definition) is 6. The third-order valence-corrected chi connectivity index (χ3v) is 5.00. The number of hydrazone groups is 1. The van der Waals surface area contributed by atoms with Crippen molar-refractivity contribution in [2.75, 3.05) is 19.0 Å². The van der Waals surface area contributed by atoms with E-state index >= 15 is 0 Å². The zero-order chi connectivity index (χ0) is 21.6. The molecule has 0 bridgehead atoms. The average Bonchev–Trinajstić information content (AvgIpc) is 3.24. The summed E-state index contributed by atoms with van der Waals surface area (Å²) in [5.74, 6) is 1.47. The molecule has 31 heavy (non-hydrogen) atoms. The van der Waals surface area contributed by atoms with Crippen molar-refractivity contribution in [2.24, 2.45) is 5.10 Å². The summed E-state index contributed by atoms with van der Waals surface area (Å²) in [6.45, 7) is 4.62. The van der Waals surface area contributed by atoms with Gasteiger partial charge in [-0.2, -0.15) is 5.10 Å². The number of fused-ring (bicyclic) bond motifs is 1. The molecule has 0 amide bonds. The fourth-order valence-electron chi connectivity index (χ4n) is 3.60. The van der Waals surface area contributed by atoms with Gasteiger partial charge in [0, 0.05) is 18.8 Å². The highest BCUT2D eigenvalue weighted by molar-refractivity contribution is 6.13. The first-order valence-electron chi connectivity index (χ1n) is 10.4. The molecule has 4 aromatic rings. The molecule has 7 nitrogen and oxygen atoms in total. The van der Waals surface area contributed by atoms with Gasteiger partial charge in [-0.1, -0.05) is 43.3 Å². The normalized spacial score (nSPS) is 11.5. The Morgan fingerprint density at radius 3 is 2.65 bits per heavy atom. The van der Waals surface area contributed by atoms with Crippen LogP contribution in [-0.2, 0) is 0 Å². The minimum atomic E-state index is 0.572. The molecule has 0 spiro atoms. The van der Waals surface area contributed by atoms with Crippen molar-refractivity contribution < 1.29 is 4.74 Å². The number of rotatable bonds is 8. The van der Waals surface area contributed by atoms with E-state index in [0.717, 1.165) is 51.3 Å². The maximum Gasteiger partial charge on any atom is 0.144 e. The van der Waals surface area contributed by atoms with Crippen LogP contribution >= 0.6 is 0 Å². The molecule has 158 valence electrons. The maximum absolute atomic E-state index is 5.88. The molecule has 2 aromatic heterocycles. The average molecular weight is 415 g/mol. The van der Waals surface area contributed by atoms with Crippen molar-refractivity contribution in [2.45, 2.75) is 20.3 Å². The predicted molar refractivity (Wildman–Crippen MR) is 126 cm³/mol. The Labute approximate surface area is 181 Å². The molecule has 0 aliphatic rings. The van der Waals surface area contributed by atoms with Crippen LogP contribution < -0.4 is 15.5 Å². The van der Waals surface area contributed by atoms with Gasteiger partial charge in [0.25, 0.3) is 0 Å². The van der Waals surface area contributed by atoms with Gasteiger partial charge in [-0.3, -0.25) is 0 Å². The summed E-state index contributed by atoms with van der Waals surface area (Å²) >= 11 is 0. The first-order valence-corrected chi connectivity index (χ1v) is 10.4. The minimum Gasteiger partial charge on any atom is -0.492 e. The molecule has 3 N–H and O–H groups in total. The number of benzene rings is 2. The molecule has 0 unspecified atom stereocenters. The molecular formula is C24H26N6O. The Bertz CT molecular complexity index is 1200. The summed E-state index contributed by atoms with van der Waals surface area (Å²) in [6.07, 6.45) is 4.25. The first kappa shape index (κ1) is 20.4. The summed E-state index contributed by atoms with van der Waals surface area (Å²) in [6, 6.07) is 16.4. The molecule has 2 aromatic carbocycles. The number of H-pyrrole nitrogens is 1. The predicted octanol–water partition coefficient (Wildman–Crippen LogP) is 5.10.